The molecular weight excluding hydrogens is 178 g/mol. The molecule has 2 rings (SSSR count). The SMILES string of the molecule is CN(Cc1ncc[nH]1)C(=O)CC1CC1. The van der Waals surface area contributed by atoms with Gasteiger partial charge in [-0.3, -0.25) is 4.79 Å². The van der Waals surface area contributed by atoms with E-state index in [1.54, 1.807) is 17.3 Å². The van der Waals surface area contributed by atoms with E-state index < -0.39 is 0 Å². The fraction of sp³-hybridized carbons (Fsp3) is 0.600. The van der Waals surface area contributed by atoms with Crippen molar-refractivity contribution >= 4 is 5.91 Å². The lowest BCUT2D eigenvalue weighted by Crippen LogP contribution is -2.26. The summed E-state index contributed by atoms with van der Waals surface area (Å²) in [5.41, 5.74) is 0. The van der Waals surface area contributed by atoms with Gasteiger partial charge in [0.1, 0.15) is 5.82 Å². The van der Waals surface area contributed by atoms with Gasteiger partial charge in [0.2, 0.25) is 5.91 Å². The van der Waals surface area contributed by atoms with E-state index in [0.717, 1.165) is 5.82 Å². The predicted octanol–water partition coefficient (Wildman–Crippen LogP) is 1.17. The summed E-state index contributed by atoms with van der Waals surface area (Å²) in [6.45, 7) is 0.582. The molecular formula is C10H15N3O. The number of H-pyrrole nitrogens is 1. The topological polar surface area (TPSA) is 49.0 Å². The van der Waals surface area contributed by atoms with Gasteiger partial charge >= 0.3 is 0 Å². The monoisotopic (exact) mass is 193 g/mol. The number of hydrogen-bond donors (Lipinski definition) is 1. The van der Waals surface area contributed by atoms with Crippen LogP contribution in [0.4, 0.5) is 0 Å². The Morgan fingerprint density at radius 3 is 3.07 bits per heavy atom. The Morgan fingerprint density at radius 1 is 1.71 bits per heavy atom. The van der Waals surface area contributed by atoms with Crippen molar-refractivity contribution in [1.29, 1.82) is 0 Å². The van der Waals surface area contributed by atoms with Crippen LogP contribution >= 0.6 is 0 Å². The molecule has 4 nitrogen and oxygen atoms in total. The molecule has 1 heterocycles. The molecule has 1 aromatic heterocycles. The molecule has 1 N–H and O–H groups in total. The van der Waals surface area contributed by atoms with E-state index in [1.165, 1.54) is 12.8 Å². The number of hydrogen-bond acceptors (Lipinski definition) is 2. The summed E-state index contributed by atoms with van der Waals surface area (Å²) in [5.74, 6) is 1.72. The van der Waals surface area contributed by atoms with Gasteiger partial charge in [-0.2, -0.15) is 0 Å². The highest BCUT2D eigenvalue weighted by atomic mass is 16.2. The fourth-order valence-electron chi connectivity index (χ4n) is 1.42. The molecule has 1 saturated carbocycles. The molecule has 0 atom stereocenters. The maximum atomic E-state index is 11.6. The Balaban J connectivity index is 1.81. The van der Waals surface area contributed by atoms with Crippen LogP contribution < -0.4 is 0 Å². The Kier molecular flexibility index (Phi) is 2.52. The first-order valence-corrected chi connectivity index (χ1v) is 4.98. The predicted molar refractivity (Wildman–Crippen MR) is 52.4 cm³/mol. The number of nitrogens with one attached hydrogen (secondary N) is 1. The lowest BCUT2D eigenvalue weighted by molar-refractivity contribution is -0.130. The normalized spacial score (nSPS) is 15.5. The average molecular weight is 193 g/mol. The van der Waals surface area contributed by atoms with Crippen LogP contribution in [0.5, 0.6) is 0 Å². The van der Waals surface area contributed by atoms with E-state index in [-0.39, 0.29) is 5.91 Å². The van der Waals surface area contributed by atoms with Crippen molar-refractivity contribution in [3.8, 4) is 0 Å². The highest BCUT2D eigenvalue weighted by molar-refractivity contribution is 5.76. The van der Waals surface area contributed by atoms with Gasteiger partial charge in [-0.25, -0.2) is 4.98 Å². The number of rotatable bonds is 4. The molecule has 0 aromatic carbocycles. The molecule has 0 bridgehead atoms. The Labute approximate surface area is 83.3 Å². The maximum Gasteiger partial charge on any atom is 0.222 e. The Bertz CT molecular complexity index is 303. The molecule has 0 saturated heterocycles. The average Bonchev–Trinajstić information content (AvgIpc) is 2.81. The summed E-state index contributed by atoms with van der Waals surface area (Å²) in [5, 5.41) is 0. The summed E-state index contributed by atoms with van der Waals surface area (Å²) in [4.78, 5) is 20.4. The van der Waals surface area contributed by atoms with Gasteiger partial charge in [-0.1, -0.05) is 0 Å². The number of carbonyl (C=O) groups is 1. The van der Waals surface area contributed by atoms with Crippen molar-refractivity contribution in [3.63, 3.8) is 0 Å². The van der Waals surface area contributed by atoms with Crippen molar-refractivity contribution < 1.29 is 4.79 Å². The molecule has 0 radical (unpaired) electrons. The van der Waals surface area contributed by atoms with Crippen LogP contribution in [0, 0.1) is 5.92 Å². The Hall–Kier alpha value is -1.32. The quantitative estimate of drug-likeness (QED) is 0.780. The van der Waals surface area contributed by atoms with Crippen LogP contribution in [0.25, 0.3) is 0 Å². The maximum absolute atomic E-state index is 11.6. The first-order valence-electron chi connectivity index (χ1n) is 4.98. The van der Waals surface area contributed by atoms with Crippen molar-refractivity contribution in [2.24, 2.45) is 5.92 Å². The number of imidazole rings is 1. The molecule has 14 heavy (non-hydrogen) atoms. The minimum atomic E-state index is 0.226. The first kappa shape index (κ1) is 9.24. The Morgan fingerprint density at radius 2 is 2.50 bits per heavy atom. The number of amides is 1. The third-order valence-electron chi connectivity index (χ3n) is 2.53. The van der Waals surface area contributed by atoms with Crippen molar-refractivity contribution in [3.05, 3.63) is 18.2 Å². The van der Waals surface area contributed by atoms with Crippen LogP contribution in [0.1, 0.15) is 25.1 Å². The molecule has 1 aliphatic carbocycles. The van der Waals surface area contributed by atoms with E-state index in [0.29, 0.717) is 18.9 Å². The largest absolute Gasteiger partial charge is 0.347 e. The number of aromatic amines is 1. The van der Waals surface area contributed by atoms with E-state index in [2.05, 4.69) is 9.97 Å². The van der Waals surface area contributed by atoms with Crippen LogP contribution in [0.15, 0.2) is 12.4 Å². The van der Waals surface area contributed by atoms with Gasteiger partial charge < -0.3 is 9.88 Å². The van der Waals surface area contributed by atoms with Crippen LogP contribution in [0.2, 0.25) is 0 Å². The number of carbonyl (C=O) groups excluding carboxylic acids is 1. The zero-order valence-electron chi connectivity index (χ0n) is 8.36. The van der Waals surface area contributed by atoms with E-state index in [9.17, 15) is 4.79 Å². The van der Waals surface area contributed by atoms with Crippen molar-refractivity contribution in [2.45, 2.75) is 25.8 Å². The zero-order valence-corrected chi connectivity index (χ0v) is 8.36. The molecule has 4 heteroatoms. The zero-order chi connectivity index (χ0) is 9.97. The minimum Gasteiger partial charge on any atom is -0.347 e. The minimum absolute atomic E-state index is 0.226. The highest BCUT2D eigenvalue weighted by Crippen LogP contribution is 2.32. The van der Waals surface area contributed by atoms with E-state index in [4.69, 9.17) is 0 Å². The van der Waals surface area contributed by atoms with E-state index >= 15 is 0 Å². The molecule has 1 amide bonds. The molecule has 1 aromatic rings. The summed E-state index contributed by atoms with van der Waals surface area (Å²) < 4.78 is 0. The van der Waals surface area contributed by atoms with Crippen molar-refractivity contribution in [1.82, 2.24) is 14.9 Å². The molecule has 0 aliphatic heterocycles. The highest BCUT2D eigenvalue weighted by Gasteiger charge is 2.25. The summed E-state index contributed by atoms with van der Waals surface area (Å²) in [6.07, 6.45) is 6.63. The van der Waals surface area contributed by atoms with Gasteiger partial charge in [0.05, 0.1) is 6.54 Å². The molecule has 76 valence electrons. The van der Waals surface area contributed by atoms with E-state index in [1.807, 2.05) is 7.05 Å². The van der Waals surface area contributed by atoms with Crippen LogP contribution in [0.3, 0.4) is 0 Å². The van der Waals surface area contributed by atoms with Gasteiger partial charge in [0, 0.05) is 25.9 Å². The fourth-order valence-corrected chi connectivity index (χ4v) is 1.42. The molecule has 0 spiro atoms. The van der Waals surface area contributed by atoms with Gasteiger partial charge in [-0.05, 0) is 18.8 Å². The first-order chi connectivity index (χ1) is 6.75. The summed E-state index contributed by atoms with van der Waals surface area (Å²) in [7, 11) is 1.83. The van der Waals surface area contributed by atoms with Crippen LogP contribution in [-0.4, -0.2) is 27.8 Å². The summed E-state index contributed by atoms with van der Waals surface area (Å²) >= 11 is 0. The second-order valence-corrected chi connectivity index (χ2v) is 3.93. The summed E-state index contributed by atoms with van der Waals surface area (Å²) in [6, 6.07) is 0. The molecule has 1 aliphatic rings. The molecule has 0 unspecified atom stereocenters. The van der Waals surface area contributed by atoms with Gasteiger partial charge in [0.15, 0.2) is 0 Å². The lowest BCUT2D eigenvalue weighted by Gasteiger charge is -2.15. The third kappa shape index (κ3) is 2.34. The standard InChI is InChI=1S/C10H15N3O/c1-13(7-9-11-4-5-12-9)10(14)6-8-2-3-8/h4-5,8H,2-3,6-7H2,1H3,(H,11,12). The molecule has 1 fully saturated rings. The van der Waals surface area contributed by atoms with Crippen molar-refractivity contribution in [2.75, 3.05) is 7.05 Å². The lowest BCUT2D eigenvalue weighted by atomic mass is 10.2. The number of nitrogens with zero attached hydrogens (tertiary/aromatic N) is 2. The second-order valence-electron chi connectivity index (χ2n) is 3.93. The van der Waals surface area contributed by atoms with Crippen LogP contribution in [-0.2, 0) is 11.3 Å². The third-order valence-corrected chi connectivity index (χ3v) is 2.53. The van der Waals surface area contributed by atoms with Gasteiger partial charge in [-0.15, -0.1) is 0 Å². The second kappa shape index (κ2) is 3.82. The number of aromatic nitrogens is 2. The van der Waals surface area contributed by atoms with Gasteiger partial charge in [0.25, 0.3) is 0 Å². The smallest absolute Gasteiger partial charge is 0.222 e.